The molecule has 0 unspecified atom stereocenters. The van der Waals surface area contributed by atoms with Gasteiger partial charge in [-0.15, -0.1) is 0 Å². The molecule has 0 radical (unpaired) electrons. The van der Waals surface area contributed by atoms with E-state index in [0.717, 1.165) is 19.5 Å². The fourth-order valence-electron chi connectivity index (χ4n) is 2.58. The summed E-state index contributed by atoms with van der Waals surface area (Å²) in [7, 11) is 0. The molecule has 0 amide bonds. The highest BCUT2D eigenvalue weighted by Crippen LogP contribution is 2.26. The number of likely N-dealkylation sites (tertiary alicyclic amines) is 1. The topological polar surface area (TPSA) is 70.4 Å². The third-order valence-corrected chi connectivity index (χ3v) is 4.37. The first-order valence-corrected chi connectivity index (χ1v) is 8.56. The Hall–Kier alpha value is -1.44. The lowest BCUT2D eigenvalue weighted by Crippen LogP contribution is -2.34. The van der Waals surface area contributed by atoms with E-state index in [1.807, 2.05) is 0 Å². The summed E-state index contributed by atoms with van der Waals surface area (Å²) in [4.78, 5) is 12.8. The number of benzene rings is 1. The van der Waals surface area contributed by atoms with Gasteiger partial charge in [0.05, 0.1) is 15.6 Å². The SMILES string of the molecule is O=[N+]([O-])c1ccc(Cl)c(NC(=S)NCCCN2CCCCC2)c1. The summed E-state index contributed by atoms with van der Waals surface area (Å²) in [6.45, 7) is 4.19. The molecule has 1 aromatic rings. The van der Waals surface area contributed by atoms with Crippen molar-refractivity contribution >= 4 is 40.3 Å². The molecule has 1 aliphatic heterocycles. The Bertz CT molecular complexity index is 564. The number of nitrogens with zero attached hydrogens (tertiary/aromatic N) is 2. The number of nitro benzene ring substituents is 1. The van der Waals surface area contributed by atoms with Crippen LogP contribution in [0.2, 0.25) is 5.02 Å². The van der Waals surface area contributed by atoms with Gasteiger partial charge in [-0.05, 0) is 57.2 Å². The maximum absolute atomic E-state index is 10.8. The minimum atomic E-state index is -0.462. The molecule has 0 bridgehead atoms. The summed E-state index contributed by atoms with van der Waals surface area (Å²) in [5.74, 6) is 0. The Morgan fingerprint density at radius 1 is 1.35 bits per heavy atom. The lowest BCUT2D eigenvalue weighted by atomic mass is 10.1. The van der Waals surface area contributed by atoms with Crippen LogP contribution >= 0.6 is 23.8 Å². The summed E-state index contributed by atoms with van der Waals surface area (Å²) in [5.41, 5.74) is 0.416. The highest BCUT2D eigenvalue weighted by molar-refractivity contribution is 7.80. The molecule has 126 valence electrons. The van der Waals surface area contributed by atoms with Crippen LogP contribution in [0.1, 0.15) is 25.7 Å². The summed E-state index contributed by atoms with van der Waals surface area (Å²) < 4.78 is 0. The predicted octanol–water partition coefficient (Wildman–Crippen LogP) is 3.41. The zero-order valence-electron chi connectivity index (χ0n) is 12.9. The molecule has 8 heteroatoms. The molecule has 2 N–H and O–H groups in total. The molecule has 0 aromatic heterocycles. The Morgan fingerprint density at radius 2 is 2.09 bits per heavy atom. The molecule has 23 heavy (non-hydrogen) atoms. The highest BCUT2D eigenvalue weighted by Gasteiger charge is 2.11. The summed E-state index contributed by atoms with van der Waals surface area (Å²) in [6, 6.07) is 4.23. The molecule has 1 aliphatic rings. The van der Waals surface area contributed by atoms with Crippen molar-refractivity contribution in [2.45, 2.75) is 25.7 Å². The van der Waals surface area contributed by atoms with Gasteiger partial charge < -0.3 is 15.5 Å². The molecule has 1 fully saturated rings. The number of non-ortho nitro benzene ring substituents is 1. The van der Waals surface area contributed by atoms with Crippen LogP contribution in [-0.4, -0.2) is 41.1 Å². The zero-order chi connectivity index (χ0) is 16.7. The van der Waals surface area contributed by atoms with E-state index < -0.39 is 4.92 Å². The quantitative estimate of drug-likeness (QED) is 0.352. The molecule has 0 aliphatic carbocycles. The van der Waals surface area contributed by atoms with E-state index in [1.165, 1.54) is 50.6 Å². The average Bonchev–Trinajstić information content (AvgIpc) is 2.54. The second kappa shape index (κ2) is 9.00. The van der Waals surface area contributed by atoms with Crippen LogP contribution in [-0.2, 0) is 0 Å². The first-order chi connectivity index (χ1) is 11.1. The Labute approximate surface area is 146 Å². The van der Waals surface area contributed by atoms with Gasteiger partial charge in [0.2, 0.25) is 0 Å². The van der Waals surface area contributed by atoms with Crippen molar-refractivity contribution < 1.29 is 4.92 Å². The second-order valence-electron chi connectivity index (χ2n) is 5.56. The van der Waals surface area contributed by atoms with Crippen LogP contribution in [0.5, 0.6) is 0 Å². The van der Waals surface area contributed by atoms with Crippen molar-refractivity contribution in [2.24, 2.45) is 0 Å². The maximum Gasteiger partial charge on any atom is 0.271 e. The van der Waals surface area contributed by atoms with E-state index in [1.54, 1.807) is 0 Å². The minimum Gasteiger partial charge on any atom is -0.362 e. The van der Waals surface area contributed by atoms with Gasteiger partial charge in [0.25, 0.3) is 5.69 Å². The zero-order valence-corrected chi connectivity index (χ0v) is 14.5. The normalized spacial score (nSPS) is 15.2. The molecule has 2 rings (SSSR count). The number of rotatable bonds is 6. The first kappa shape index (κ1) is 17.9. The molecule has 6 nitrogen and oxygen atoms in total. The van der Waals surface area contributed by atoms with E-state index in [-0.39, 0.29) is 5.69 Å². The van der Waals surface area contributed by atoms with E-state index in [9.17, 15) is 10.1 Å². The van der Waals surface area contributed by atoms with Crippen molar-refractivity contribution in [1.29, 1.82) is 0 Å². The van der Waals surface area contributed by atoms with Crippen molar-refractivity contribution in [3.8, 4) is 0 Å². The van der Waals surface area contributed by atoms with Crippen molar-refractivity contribution in [3.63, 3.8) is 0 Å². The van der Waals surface area contributed by atoms with Crippen LogP contribution in [0.3, 0.4) is 0 Å². The van der Waals surface area contributed by atoms with Crippen molar-refractivity contribution in [1.82, 2.24) is 10.2 Å². The summed E-state index contributed by atoms with van der Waals surface area (Å²) in [5, 5.41) is 17.6. The summed E-state index contributed by atoms with van der Waals surface area (Å²) >= 11 is 11.2. The van der Waals surface area contributed by atoms with E-state index >= 15 is 0 Å². The number of hydrogen-bond acceptors (Lipinski definition) is 4. The van der Waals surface area contributed by atoms with Crippen LogP contribution in [0.15, 0.2) is 18.2 Å². The minimum absolute atomic E-state index is 0.0233. The van der Waals surface area contributed by atoms with Gasteiger partial charge in [-0.25, -0.2) is 0 Å². The molecular formula is C15H21ClN4O2S. The fourth-order valence-corrected chi connectivity index (χ4v) is 2.95. The maximum atomic E-state index is 10.8. The predicted molar refractivity (Wildman–Crippen MR) is 97.2 cm³/mol. The Balaban J connectivity index is 1.74. The van der Waals surface area contributed by atoms with Gasteiger partial charge in [-0.1, -0.05) is 18.0 Å². The monoisotopic (exact) mass is 356 g/mol. The molecule has 1 saturated heterocycles. The number of piperidine rings is 1. The molecule has 0 spiro atoms. The van der Waals surface area contributed by atoms with Gasteiger partial charge in [0.15, 0.2) is 5.11 Å². The third kappa shape index (κ3) is 5.93. The van der Waals surface area contributed by atoms with Crippen molar-refractivity contribution in [2.75, 3.05) is 31.5 Å². The van der Waals surface area contributed by atoms with Gasteiger partial charge >= 0.3 is 0 Å². The van der Waals surface area contributed by atoms with E-state index in [2.05, 4.69) is 15.5 Å². The number of anilines is 1. The first-order valence-electron chi connectivity index (χ1n) is 7.77. The van der Waals surface area contributed by atoms with Crippen LogP contribution in [0, 0.1) is 10.1 Å². The van der Waals surface area contributed by atoms with Gasteiger partial charge in [-0.3, -0.25) is 10.1 Å². The Morgan fingerprint density at radius 3 is 2.78 bits per heavy atom. The van der Waals surface area contributed by atoms with Crippen molar-refractivity contribution in [3.05, 3.63) is 33.3 Å². The standard InChI is InChI=1S/C15H21ClN4O2S/c16-13-6-5-12(20(21)22)11-14(13)18-15(23)17-7-4-10-19-8-2-1-3-9-19/h5-6,11H,1-4,7-10H2,(H2,17,18,23). The molecule has 0 saturated carbocycles. The number of halogens is 1. The number of thiocarbonyl (C=S) groups is 1. The smallest absolute Gasteiger partial charge is 0.271 e. The second-order valence-corrected chi connectivity index (χ2v) is 6.37. The molecular weight excluding hydrogens is 336 g/mol. The molecule has 1 heterocycles. The number of nitro groups is 1. The lowest BCUT2D eigenvalue weighted by Gasteiger charge is -2.26. The number of hydrogen-bond donors (Lipinski definition) is 2. The Kier molecular flexibility index (Phi) is 7.01. The van der Waals surface area contributed by atoms with Gasteiger partial charge in [0.1, 0.15) is 0 Å². The van der Waals surface area contributed by atoms with E-state index in [4.69, 9.17) is 23.8 Å². The van der Waals surface area contributed by atoms with Gasteiger partial charge in [0, 0.05) is 18.7 Å². The van der Waals surface area contributed by atoms with Crippen LogP contribution in [0.25, 0.3) is 0 Å². The highest BCUT2D eigenvalue weighted by atomic mass is 35.5. The largest absolute Gasteiger partial charge is 0.362 e. The van der Waals surface area contributed by atoms with Crippen LogP contribution < -0.4 is 10.6 Å². The number of nitrogens with one attached hydrogen (secondary N) is 2. The fraction of sp³-hybridized carbons (Fsp3) is 0.533. The van der Waals surface area contributed by atoms with E-state index in [0.29, 0.717) is 15.8 Å². The third-order valence-electron chi connectivity index (χ3n) is 3.79. The van der Waals surface area contributed by atoms with Gasteiger partial charge in [-0.2, -0.15) is 0 Å². The average molecular weight is 357 g/mol. The lowest BCUT2D eigenvalue weighted by molar-refractivity contribution is -0.384. The molecule has 1 aromatic carbocycles. The summed E-state index contributed by atoms with van der Waals surface area (Å²) in [6.07, 6.45) is 4.93. The molecule has 0 atom stereocenters. The van der Waals surface area contributed by atoms with Crippen LogP contribution in [0.4, 0.5) is 11.4 Å².